The maximum atomic E-state index is 13.2. The molecule has 1 heterocycles. The van der Waals surface area contributed by atoms with Gasteiger partial charge in [0.2, 0.25) is 5.90 Å². The molecule has 0 saturated heterocycles. The van der Waals surface area contributed by atoms with Crippen LogP contribution in [0.1, 0.15) is 34.0 Å². The largest absolute Gasteiger partial charge is 0.490 e. The SMILES string of the molecule is CCOc1cc(/C=C2\N=C(c3ccc(F)cc3)OC2=O)cc(Br)c1OC(=O)c1ccccc1C. The first-order valence-electron chi connectivity index (χ1n) is 10.4. The van der Waals surface area contributed by atoms with Gasteiger partial charge >= 0.3 is 11.9 Å². The van der Waals surface area contributed by atoms with Crippen molar-refractivity contribution in [2.75, 3.05) is 6.61 Å². The van der Waals surface area contributed by atoms with Crippen LogP contribution in [0.2, 0.25) is 0 Å². The quantitative estimate of drug-likeness (QED) is 0.230. The number of ether oxygens (including phenoxy) is 3. The van der Waals surface area contributed by atoms with Crippen LogP contribution in [0, 0.1) is 12.7 Å². The summed E-state index contributed by atoms with van der Waals surface area (Å²) >= 11 is 3.43. The third-order valence-corrected chi connectivity index (χ3v) is 5.50. The maximum absolute atomic E-state index is 13.2. The number of aliphatic imine (C=N–C) groups is 1. The van der Waals surface area contributed by atoms with E-state index in [2.05, 4.69) is 20.9 Å². The van der Waals surface area contributed by atoms with Crippen molar-refractivity contribution in [1.29, 1.82) is 0 Å². The van der Waals surface area contributed by atoms with Crippen molar-refractivity contribution in [1.82, 2.24) is 0 Å². The van der Waals surface area contributed by atoms with E-state index >= 15 is 0 Å². The predicted molar refractivity (Wildman–Crippen MR) is 128 cm³/mol. The summed E-state index contributed by atoms with van der Waals surface area (Å²) in [5.74, 6) is -0.922. The lowest BCUT2D eigenvalue weighted by molar-refractivity contribution is -0.129. The fraction of sp³-hybridized carbons (Fsp3) is 0.115. The molecular formula is C26H19BrFNO5. The van der Waals surface area contributed by atoms with Gasteiger partial charge < -0.3 is 14.2 Å². The van der Waals surface area contributed by atoms with Crippen LogP contribution in [0.5, 0.6) is 11.5 Å². The molecule has 0 fully saturated rings. The molecule has 0 aromatic heterocycles. The first-order valence-corrected chi connectivity index (χ1v) is 11.2. The van der Waals surface area contributed by atoms with E-state index in [9.17, 15) is 14.0 Å². The highest BCUT2D eigenvalue weighted by Gasteiger charge is 2.25. The summed E-state index contributed by atoms with van der Waals surface area (Å²) in [5.41, 5.74) is 2.35. The van der Waals surface area contributed by atoms with E-state index in [0.29, 0.717) is 33.5 Å². The Hall–Kier alpha value is -3.78. The molecule has 1 aliphatic rings. The molecule has 0 bridgehead atoms. The minimum absolute atomic E-state index is 0.0679. The zero-order chi connectivity index (χ0) is 24.2. The van der Waals surface area contributed by atoms with Gasteiger partial charge in [0, 0.05) is 5.56 Å². The Morgan fingerprint density at radius 1 is 1.15 bits per heavy atom. The molecule has 8 heteroatoms. The van der Waals surface area contributed by atoms with Crippen molar-refractivity contribution in [3.8, 4) is 11.5 Å². The van der Waals surface area contributed by atoms with Crippen molar-refractivity contribution in [3.05, 3.63) is 98.9 Å². The van der Waals surface area contributed by atoms with Crippen molar-refractivity contribution < 1.29 is 28.2 Å². The molecular weight excluding hydrogens is 505 g/mol. The number of benzene rings is 3. The Morgan fingerprint density at radius 2 is 1.88 bits per heavy atom. The number of halogens is 2. The van der Waals surface area contributed by atoms with E-state index in [4.69, 9.17) is 14.2 Å². The second kappa shape index (κ2) is 10.0. The summed E-state index contributed by atoms with van der Waals surface area (Å²) in [6, 6.07) is 15.9. The standard InChI is InChI=1S/C26H19BrFNO5/c1-3-32-22-14-16(12-20(27)23(22)33-25(30)19-7-5-4-6-15(19)2)13-21-26(31)34-24(29-21)17-8-10-18(28)11-9-17/h4-14H,3H2,1-2H3/b21-13-. The van der Waals surface area contributed by atoms with E-state index in [-0.39, 0.29) is 17.3 Å². The fourth-order valence-electron chi connectivity index (χ4n) is 3.27. The van der Waals surface area contributed by atoms with Crippen LogP contribution in [0.25, 0.3) is 6.08 Å². The van der Waals surface area contributed by atoms with Crippen LogP contribution < -0.4 is 9.47 Å². The summed E-state index contributed by atoms with van der Waals surface area (Å²) in [6.45, 7) is 3.96. The molecule has 0 radical (unpaired) electrons. The number of carbonyl (C=O) groups excluding carboxylic acids is 2. The summed E-state index contributed by atoms with van der Waals surface area (Å²) < 4.78 is 30.2. The van der Waals surface area contributed by atoms with Gasteiger partial charge in [0.1, 0.15) is 5.82 Å². The highest BCUT2D eigenvalue weighted by molar-refractivity contribution is 9.10. The average molecular weight is 524 g/mol. The van der Waals surface area contributed by atoms with Crippen molar-refractivity contribution in [2.45, 2.75) is 13.8 Å². The molecule has 0 atom stereocenters. The van der Waals surface area contributed by atoms with Crippen LogP contribution in [-0.2, 0) is 9.53 Å². The second-order valence-electron chi connectivity index (χ2n) is 7.31. The zero-order valence-electron chi connectivity index (χ0n) is 18.3. The molecule has 34 heavy (non-hydrogen) atoms. The molecule has 172 valence electrons. The number of hydrogen-bond acceptors (Lipinski definition) is 6. The molecule has 0 unspecified atom stereocenters. The fourth-order valence-corrected chi connectivity index (χ4v) is 3.81. The smallest absolute Gasteiger partial charge is 0.363 e. The first kappa shape index (κ1) is 23.4. The normalized spacial score (nSPS) is 14.1. The molecule has 0 N–H and O–H groups in total. The number of hydrogen-bond donors (Lipinski definition) is 0. The Balaban J connectivity index is 1.65. The van der Waals surface area contributed by atoms with Crippen molar-refractivity contribution in [2.24, 2.45) is 4.99 Å². The van der Waals surface area contributed by atoms with E-state index in [1.54, 1.807) is 31.2 Å². The van der Waals surface area contributed by atoms with Crippen LogP contribution in [-0.4, -0.2) is 24.4 Å². The number of nitrogens with zero attached hydrogens (tertiary/aromatic N) is 1. The summed E-state index contributed by atoms with van der Waals surface area (Å²) in [7, 11) is 0. The Kier molecular flexibility index (Phi) is 6.88. The highest BCUT2D eigenvalue weighted by Crippen LogP contribution is 2.38. The third-order valence-electron chi connectivity index (χ3n) is 4.91. The number of rotatable bonds is 6. The molecule has 6 nitrogen and oxygen atoms in total. The van der Waals surface area contributed by atoms with Crippen LogP contribution in [0.4, 0.5) is 4.39 Å². The lowest BCUT2D eigenvalue weighted by Gasteiger charge is -2.14. The maximum Gasteiger partial charge on any atom is 0.363 e. The molecule has 0 aliphatic carbocycles. The van der Waals surface area contributed by atoms with Gasteiger partial charge in [-0.15, -0.1) is 0 Å². The van der Waals surface area contributed by atoms with Crippen LogP contribution >= 0.6 is 15.9 Å². The summed E-state index contributed by atoms with van der Waals surface area (Å²) in [6.07, 6.45) is 1.53. The summed E-state index contributed by atoms with van der Waals surface area (Å²) in [5, 5.41) is 0. The molecule has 0 spiro atoms. The van der Waals surface area contributed by atoms with Gasteiger partial charge in [-0.2, -0.15) is 0 Å². The third kappa shape index (κ3) is 5.07. The molecule has 0 amide bonds. The summed E-state index contributed by atoms with van der Waals surface area (Å²) in [4.78, 5) is 29.3. The van der Waals surface area contributed by atoms with E-state index in [0.717, 1.165) is 5.56 Å². The average Bonchev–Trinajstić information content (AvgIpc) is 3.17. The zero-order valence-corrected chi connectivity index (χ0v) is 19.9. The van der Waals surface area contributed by atoms with Crippen LogP contribution in [0.15, 0.2) is 75.8 Å². The van der Waals surface area contributed by atoms with Crippen molar-refractivity contribution in [3.63, 3.8) is 0 Å². The number of aryl methyl sites for hydroxylation is 1. The van der Waals surface area contributed by atoms with Crippen LogP contribution in [0.3, 0.4) is 0 Å². The Morgan fingerprint density at radius 3 is 2.59 bits per heavy atom. The minimum atomic E-state index is -0.636. The number of carbonyl (C=O) groups is 2. The van der Waals surface area contributed by atoms with Crippen molar-refractivity contribution >= 4 is 39.8 Å². The Labute approximate surface area is 203 Å². The molecule has 0 saturated carbocycles. The van der Waals surface area contributed by atoms with Gasteiger partial charge in [0.15, 0.2) is 17.2 Å². The van der Waals surface area contributed by atoms with Gasteiger partial charge in [-0.05, 0) is 89.4 Å². The van der Waals surface area contributed by atoms with Gasteiger partial charge in [0.05, 0.1) is 16.6 Å². The van der Waals surface area contributed by atoms with Gasteiger partial charge in [-0.1, -0.05) is 18.2 Å². The molecule has 3 aromatic carbocycles. The highest BCUT2D eigenvalue weighted by atomic mass is 79.9. The molecule has 3 aromatic rings. The molecule has 4 rings (SSSR count). The van der Waals surface area contributed by atoms with E-state index < -0.39 is 17.8 Å². The lowest BCUT2D eigenvalue weighted by Crippen LogP contribution is -2.11. The Bertz CT molecular complexity index is 1330. The number of esters is 2. The van der Waals surface area contributed by atoms with Gasteiger partial charge in [0.25, 0.3) is 0 Å². The van der Waals surface area contributed by atoms with Gasteiger partial charge in [-0.25, -0.2) is 19.0 Å². The second-order valence-corrected chi connectivity index (χ2v) is 8.16. The topological polar surface area (TPSA) is 74.2 Å². The predicted octanol–water partition coefficient (Wildman–Crippen LogP) is 5.86. The molecule has 1 aliphatic heterocycles. The van der Waals surface area contributed by atoms with E-state index in [1.807, 2.05) is 19.1 Å². The van der Waals surface area contributed by atoms with E-state index in [1.165, 1.54) is 30.3 Å². The lowest BCUT2D eigenvalue weighted by atomic mass is 10.1. The monoisotopic (exact) mass is 523 g/mol. The first-order chi connectivity index (χ1) is 16.4. The van der Waals surface area contributed by atoms with Gasteiger partial charge in [-0.3, -0.25) is 0 Å². The minimum Gasteiger partial charge on any atom is -0.490 e. The number of cyclic esters (lactones) is 1.